The van der Waals surface area contributed by atoms with Gasteiger partial charge >= 0.3 is 0 Å². The van der Waals surface area contributed by atoms with E-state index >= 15 is 0 Å². The summed E-state index contributed by atoms with van der Waals surface area (Å²) in [6, 6.07) is 0. The molecule has 0 unspecified atom stereocenters. The molecule has 14 heavy (non-hydrogen) atoms. The van der Waals surface area contributed by atoms with Crippen molar-refractivity contribution in [3.8, 4) is 0 Å². The van der Waals surface area contributed by atoms with Gasteiger partial charge in [-0.15, -0.1) is 0 Å². The monoisotopic (exact) mass is 211 g/mol. The number of anilines is 2. The van der Waals surface area contributed by atoms with E-state index in [2.05, 4.69) is 30.2 Å². The van der Waals surface area contributed by atoms with Gasteiger partial charge in [0.2, 0.25) is 0 Å². The van der Waals surface area contributed by atoms with Gasteiger partial charge in [0.05, 0.1) is 20.2 Å². The number of nitrogens with two attached hydrogens (primary N) is 2. The lowest BCUT2D eigenvalue weighted by Gasteiger charge is -2.11. The van der Waals surface area contributed by atoms with Gasteiger partial charge < -0.3 is 11.2 Å². The van der Waals surface area contributed by atoms with Crippen molar-refractivity contribution in [2.24, 2.45) is 5.84 Å². The highest BCUT2D eigenvalue weighted by Crippen LogP contribution is 2.24. The number of hydrogen-bond donors (Lipinski definition) is 3. The predicted molar refractivity (Wildman–Crippen MR) is 63.4 cm³/mol. The van der Waals surface area contributed by atoms with Crippen molar-refractivity contribution < 1.29 is 0 Å². The summed E-state index contributed by atoms with van der Waals surface area (Å²) in [5, 5.41) is 5.28. The Morgan fingerprint density at radius 2 is 2.14 bits per heavy atom. The molecule has 78 valence electrons. The summed E-state index contributed by atoms with van der Waals surface area (Å²) in [6.07, 6.45) is 0. The number of nitrogens with zero attached hydrogens (tertiary/aromatic N) is 2. The van der Waals surface area contributed by atoms with Crippen LogP contribution < -0.4 is 17.0 Å². The number of hydrogen-bond acceptors (Lipinski definition) is 4. The van der Waals surface area contributed by atoms with Gasteiger partial charge in [0.1, 0.15) is 0 Å². The number of aromatic nitrogens is 2. The summed E-state index contributed by atoms with van der Waals surface area (Å²) >= 11 is 0. The number of nitrogens with one attached hydrogen (secondary N) is 1. The highest BCUT2D eigenvalue weighted by atomic mass is 28.3. The van der Waals surface area contributed by atoms with Crippen molar-refractivity contribution in [1.29, 1.82) is 0 Å². The Labute approximate surface area is 85.4 Å². The molecule has 6 heteroatoms. The van der Waals surface area contributed by atoms with Crippen LogP contribution in [-0.4, -0.2) is 18.6 Å². The lowest BCUT2D eigenvalue weighted by Crippen LogP contribution is -2.18. The average molecular weight is 211 g/mol. The SMILES string of the molecule is C=C(n1nc(C)c(N)c1NN)[SiH](C)C. The quantitative estimate of drug-likeness (QED) is 0.387. The molecule has 0 atom stereocenters. The number of hydrazine groups is 1. The Morgan fingerprint density at radius 1 is 1.57 bits per heavy atom. The first-order chi connectivity index (χ1) is 6.49. The minimum atomic E-state index is -0.986. The average Bonchev–Trinajstić information content (AvgIpc) is 2.41. The van der Waals surface area contributed by atoms with Crippen LogP contribution in [0.25, 0.3) is 5.32 Å². The van der Waals surface area contributed by atoms with E-state index in [1.807, 2.05) is 6.92 Å². The Balaban J connectivity index is 3.21. The maximum atomic E-state index is 5.80. The third kappa shape index (κ3) is 1.66. The Morgan fingerprint density at radius 3 is 2.57 bits per heavy atom. The summed E-state index contributed by atoms with van der Waals surface area (Å²) in [7, 11) is -0.986. The Bertz CT molecular complexity index is 355. The fourth-order valence-electron chi connectivity index (χ4n) is 1.13. The molecule has 0 aromatic carbocycles. The van der Waals surface area contributed by atoms with E-state index in [9.17, 15) is 0 Å². The maximum absolute atomic E-state index is 5.80. The number of rotatable bonds is 3. The van der Waals surface area contributed by atoms with Crippen LogP contribution in [0.15, 0.2) is 6.58 Å². The highest BCUT2D eigenvalue weighted by molar-refractivity contribution is 6.74. The summed E-state index contributed by atoms with van der Waals surface area (Å²) in [5.74, 6) is 6.02. The van der Waals surface area contributed by atoms with E-state index in [-0.39, 0.29) is 0 Å². The van der Waals surface area contributed by atoms with E-state index in [1.165, 1.54) is 0 Å². The van der Waals surface area contributed by atoms with Crippen LogP contribution in [0.1, 0.15) is 5.69 Å². The summed E-state index contributed by atoms with van der Waals surface area (Å²) in [5.41, 5.74) is 9.72. The van der Waals surface area contributed by atoms with Gasteiger partial charge in [0.15, 0.2) is 5.82 Å². The molecule has 0 bridgehead atoms. The third-order valence-corrected chi connectivity index (χ3v) is 3.76. The van der Waals surface area contributed by atoms with Gasteiger partial charge in [-0.25, -0.2) is 10.5 Å². The molecule has 5 N–H and O–H groups in total. The van der Waals surface area contributed by atoms with Gasteiger partial charge in [-0.2, -0.15) is 5.10 Å². The van der Waals surface area contributed by atoms with E-state index in [0.717, 1.165) is 11.0 Å². The van der Waals surface area contributed by atoms with Gasteiger partial charge in [-0.1, -0.05) is 19.7 Å². The first-order valence-electron chi connectivity index (χ1n) is 4.50. The second-order valence-electron chi connectivity index (χ2n) is 3.55. The van der Waals surface area contributed by atoms with E-state index in [4.69, 9.17) is 11.6 Å². The molecule has 0 amide bonds. The lowest BCUT2D eigenvalue weighted by atomic mass is 10.4. The smallest absolute Gasteiger partial charge is 0.166 e. The molecule has 0 aliphatic carbocycles. The second-order valence-corrected chi connectivity index (χ2v) is 6.53. The second kappa shape index (κ2) is 3.85. The van der Waals surface area contributed by atoms with E-state index in [0.29, 0.717) is 11.5 Å². The molecule has 1 aromatic rings. The molecule has 1 rings (SSSR count). The lowest BCUT2D eigenvalue weighted by molar-refractivity contribution is 0.899. The van der Waals surface area contributed by atoms with Crippen LogP contribution in [0.2, 0.25) is 13.1 Å². The molecule has 1 heterocycles. The third-order valence-electron chi connectivity index (χ3n) is 2.18. The van der Waals surface area contributed by atoms with E-state index in [1.54, 1.807) is 4.68 Å². The van der Waals surface area contributed by atoms with Gasteiger partial charge in [0.25, 0.3) is 0 Å². The van der Waals surface area contributed by atoms with Gasteiger partial charge in [-0.05, 0) is 6.92 Å². The molecular weight excluding hydrogens is 194 g/mol. The first-order valence-corrected chi connectivity index (χ1v) is 7.38. The molecule has 1 aromatic heterocycles. The minimum Gasteiger partial charge on any atom is -0.394 e. The molecule has 0 fully saturated rings. The van der Waals surface area contributed by atoms with Crippen molar-refractivity contribution in [2.75, 3.05) is 11.2 Å². The van der Waals surface area contributed by atoms with Crippen molar-refractivity contribution in [3.63, 3.8) is 0 Å². The van der Waals surface area contributed by atoms with Crippen LogP contribution in [0, 0.1) is 6.92 Å². The Hall–Kier alpha value is -1.27. The number of aryl methyl sites for hydroxylation is 1. The summed E-state index contributed by atoms with van der Waals surface area (Å²) in [4.78, 5) is 0. The number of nitrogen functional groups attached to an aromatic ring is 2. The van der Waals surface area contributed by atoms with Crippen molar-refractivity contribution in [3.05, 3.63) is 12.3 Å². The molecular formula is C8H17N5Si. The fraction of sp³-hybridized carbons (Fsp3) is 0.375. The molecule has 5 nitrogen and oxygen atoms in total. The zero-order chi connectivity index (χ0) is 10.9. The maximum Gasteiger partial charge on any atom is 0.166 e. The van der Waals surface area contributed by atoms with Gasteiger partial charge in [0, 0.05) is 5.32 Å². The largest absolute Gasteiger partial charge is 0.394 e. The minimum absolute atomic E-state index is 0.586. The van der Waals surface area contributed by atoms with Crippen molar-refractivity contribution >= 4 is 25.6 Å². The highest BCUT2D eigenvalue weighted by Gasteiger charge is 2.15. The van der Waals surface area contributed by atoms with Gasteiger partial charge in [-0.3, -0.25) is 0 Å². The molecule has 0 aliphatic heterocycles. The summed E-state index contributed by atoms with van der Waals surface area (Å²) < 4.78 is 1.71. The van der Waals surface area contributed by atoms with Crippen molar-refractivity contribution in [2.45, 2.75) is 20.0 Å². The Kier molecular flexibility index (Phi) is 2.97. The normalized spacial score (nSPS) is 10.6. The topological polar surface area (TPSA) is 81.9 Å². The van der Waals surface area contributed by atoms with Crippen LogP contribution in [-0.2, 0) is 0 Å². The summed E-state index contributed by atoms with van der Waals surface area (Å²) in [6.45, 7) is 10.2. The zero-order valence-corrected chi connectivity index (χ0v) is 9.99. The van der Waals surface area contributed by atoms with Crippen LogP contribution in [0.4, 0.5) is 11.5 Å². The molecule has 0 aliphatic rings. The van der Waals surface area contributed by atoms with Crippen LogP contribution in [0.5, 0.6) is 0 Å². The first kappa shape index (κ1) is 10.8. The van der Waals surface area contributed by atoms with Crippen molar-refractivity contribution in [1.82, 2.24) is 9.78 Å². The molecule has 0 saturated heterocycles. The van der Waals surface area contributed by atoms with E-state index < -0.39 is 8.80 Å². The molecule has 0 radical (unpaired) electrons. The van der Waals surface area contributed by atoms with Crippen LogP contribution >= 0.6 is 0 Å². The molecule has 0 saturated carbocycles. The fourth-order valence-corrected chi connectivity index (χ4v) is 1.81. The van der Waals surface area contributed by atoms with Crippen LogP contribution in [0.3, 0.4) is 0 Å². The molecule has 0 spiro atoms. The predicted octanol–water partition coefficient (Wildman–Crippen LogP) is 0.556. The standard InChI is InChI=1S/C8H17N5Si/c1-5-7(9)8(11-10)13(12-5)6(2)14(3)4/h11,14H,2,9-10H2,1,3-4H3. The zero-order valence-electron chi connectivity index (χ0n) is 8.83.